The standard InChI is InChI=1S/C12H20O.CH4/c1-4-5-7-11(2)8-6-9-12(3)10-13;/h7,9-10H,4-6,8H2,1-3H3;1H4. The lowest BCUT2D eigenvalue weighted by atomic mass is 10.1. The molecule has 0 saturated carbocycles. The Kier molecular flexibility index (Phi) is 11.4. The molecule has 0 spiro atoms. The number of allylic oxidation sites excluding steroid dienone is 4. The Morgan fingerprint density at radius 1 is 1.14 bits per heavy atom. The molecule has 0 aliphatic carbocycles. The summed E-state index contributed by atoms with van der Waals surface area (Å²) in [4.78, 5) is 10.3. The van der Waals surface area contributed by atoms with Gasteiger partial charge in [0.15, 0.2) is 0 Å². The van der Waals surface area contributed by atoms with Gasteiger partial charge in [0, 0.05) is 0 Å². The monoisotopic (exact) mass is 196 g/mol. The van der Waals surface area contributed by atoms with Crippen LogP contribution in [0.15, 0.2) is 23.3 Å². The van der Waals surface area contributed by atoms with Gasteiger partial charge in [-0.3, -0.25) is 4.79 Å². The third kappa shape index (κ3) is 9.24. The fourth-order valence-electron chi connectivity index (χ4n) is 1.07. The predicted octanol–water partition coefficient (Wildman–Crippen LogP) is 4.29. The van der Waals surface area contributed by atoms with E-state index in [4.69, 9.17) is 0 Å². The lowest BCUT2D eigenvalue weighted by molar-refractivity contribution is -0.104. The molecule has 0 aliphatic heterocycles. The zero-order chi connectivity index (χ0) is 10.1. The third-order valence-corrected chi connectivity index (χ3v) is 1.97. The van der Waals surface area contributed by atoms with Crippen molar-refractivity contribution in [2.75, 3.05) is 0 Å². The lowest BCUT2D eigenvalue weighted by Gasteiger charge is -1.97. The molecule has 0 bridgehead atoms. The first-order valence-electron chi connectivity index (χ1n) is 4.98. The largest absolute Gasteiger partial charge is 0.298 e. The van der Waals surface area contributed by atoms with Crippen molar-refractivity contribution in [3.8, 4) is 0 Å². The number of carbonyl (C=O) groups is 1. The van der Waals surface area contributed by atoms with E-state index in [1.165, 1.54) is 18.4 Å². The molecule has 0 N–H and O–H groups in total. The normalized spacial score (nSPS) is 12.2. The van der Waals surface area contributed by atoms with Crippen molar-refractivity contribution in [3.05, 3.63) is 23.3 Å². The highest BCUT2D eigenvalue weighted by Gasteiger charge is 1.89. The van der Waals surface area contributed by atoms with Gasteiger partial charge >= 0.3 is 0 Å². The Hall–Kier alpha value is -0.850. The van der Waals surface area contributed by atoms with E-state index in [0.29, 0.717) is 0 Å². The number of hydrogen-bond acceptors (Lipinski definition) is 1. The molecule has 0 fully saturated rings. The molecule has 0 aromatic heterocycles. The minimum absolute atomic E-state index is 0. The number of rotatable bonds is 6. The first-order valence-corrected chi connectivity index (χ1v) is 4.98. The Morgan fingerprint density at radius 3 is 2.29 bits per heavy atom. The Labute approximate surface area is 88.9 Å². The van der Waals surface area contributed by atoms with Crippen molar-refractivity contribution >= 4 is 6.29 Å². The molecule has 0 amide bonds. The maximum Gasteiger partial charge on any atom is 0.145 e. The summed E-state index contributed by atoms with van der Waals surface area (Å²) in [6.45, 7) is 6.18. The van der Waals surface area contributed by atoms with E-state index in [-0.39, 0.29) is 7.43 Å². The van der Waals surface area contributed by atoms with E-state index in [9.17, 15) is 4.79 Å². The average Bonchev–Trinajstić information content (AvgIpc) is 2.14. The molecular weight excluding hydrogens is 172 g/mol. The van der Waals surface area contributed by atoms with Gasteiger partial charge in [0.25, 0.3) is 0 Å². The van der Waals surface area contributed by atoms with Crippen LogP contribution in [0.4, 0.5) is 0 Å². The Morgan fingerprint density at radius 2 is 1.79 bits per heavy atom. The fraction of sp³-hybridized carbons (Fsp3) is 0.615. The average molecular weight is 196 g/mol. The van der Waals surface area contributed by atoms with Gasteiger partial charge in [-0.05, 0) is 38.7 Å². The van der Waals surface area contributed by atoms with Crippen LogP contribution in [0.25, 0.3) is 0 Å². The van der Waals surface area contributed by atoms with Crippen molar-refractivity contribution in [3.63, 3.8) is 0 Å². The summed E-state index contributed by atoms with van der Waals surface area (Å²) in [5.74, 6) is 0. The van der Waals surface area contributed by atoms with Crippen LogP contribution in [0, 0.1) is 0 Å². The van der Waals surface area contributed by atoms with Crippen molar-refractivity contribution in [1.29, 1.82) is 0 Å². The molecule has 0 saturated heterocycles. The van der Waals surface area contributed by atoms with Gasteiger partial charge < -0.3 is 0 Å². The van der Waals surface area contributed by atoms with E-state index < -0.39 is 0 Å². The van der Waals surface area contributed by atoms with Gasteiger partial charge in [0.1, 0.15) is 6.29 Å². The van der Waals surface area contributed by atoms with Crippen molar-refractivity contribution in [2.45, 2.75) is 53.9 Å². The maximum atomic E-state index is 10.3. The molecule has 14 heavy (non-hydrogen) atoms. The van der Waals surface area contributed by atoms with Gasteiger partial charge in [-0.25, -0.2) is 0 Å². The molecule has 0 radical (unpaired) electrons. The second kappa shape index (κ2) is 10.2. The quantitative estimate of drug-likeness (QED) is 0.352. The highest BCUT2D eigenvalue weighted by atomic mass is 16.1. The fourth-order valence-corrected chi connectivity index (χ4v) is 1.07. The molecule has 1 heteroatoms. The molecule has 1 nitrogen and oxygen atoms in total. The van der Waals surface area contributed by atoms with Gasteiger partial charge in [-0.2, -0.15) is 0 Å². The molecule has 0 unspecified atom stereocenters. The zero-order valence-electron chi connectivity index (χ0n) is 8.97. The zero-order valence-corrected chi connectivity index (χ0v) is 8.97. The van der Waals surface area contributed by atoms with Crippen LogP contribution in [0.3, 0.4) is 0 Å². The summed E-state index contributed by atoms with van der Waals surface area (Å²) in [5.41, 5.74) is 2.26. The molecule has 0 aromatic rings. The minimum Gasteiger partial charge on any atom is -0.298 e. The SMILES string of the molecule is C.CCCC=C(C)CCC=C(C)C=O. The van der Waals surface area contributed by atoms with Gasteiger partial charge in [0.2, 0.25) is 0 Å². The lowest BCUT2D eigenvalue weighted by Crippen LogP contribution is -1.80. The molecule has 82 valence electrons. The van der Waals surface area contributed by atoms with Gasteiger partial charge in [0.05, 0.1) is 0 Å². The first kappa shape index (κ1) is 15.6. The van der Waals surface area contributed by atoms with E-state index in [1.807, 2.05) is 13.0 Å². The molecular formula is C13H24O. The van der Waals surface area contributed by atoms with Crippen molar-refractivity contribution < 1.29 is 4.79 Å². The second-order valence-electron chi connectivity index (χ2n) is 3.44. The number of hydrogen-bond donors (Lipinski definition) is 0. The highest BCUT2D eigenvalue weighted by molar-refractivity contribution is 5.71. The first-order chi connectivity index (χ1) is 6.20. The number of carbonyl (C=O) groups excluding carboxylic acids is 1. The van der Waals surface area contributed by atoms with Crippen LogP contribution in [-0.4, -0.2) is 6.29 Å². The van der Waals surface area contributed by atoms with Crippen LogP contribution in [-0.2, 0) is 4.79 Å². The number of unbranched alkanes of at least 4 members (excludes halogenated alkanes) is 1. The molecule has 0 heterocycles. The smallest absolute Gasteiger partial charge is 0.145 e. The van der Waals surface area contributed by atoms with Crippen molar-refractivity contribution in [1.82, 2.24) is 0 Å². The van der Waals surface area contributed by atoms with Crippen LogP contribution in [0.1, 0.15) is 53.9 Å². The molecule has 0 atom stereocenters. The third-order valence-electron chi connectivity index (χ3n) is 1.97. The van der Waals surface area contributed by atoms with Crippen LogP contribution in [0.5, 0.6) is 0 Å². The number of aldehydes is 1. The second-order valence-corrected chi connectivity index (χ2v) is 3.44. The van der Waals surface area contributed by atoms with Crippen LogP contribution >= 0.6 is 0 Å². The molecule has 0 aromatic carbocycles. The van der Waals surface area contributed by atoms with Gasteiger partial charge in [-0.15, -0.1) is 0 Å². The van der Waals surface area contributed by atoms with Crippen LogP contribution < -0.4 is 0 Å². The summed E-state index contributed by atoms with van der Waals surface area (Å²) in [6, 6.07) is 0. The summed E-state index contributed by atoms with van der Waals surface area (Å²) in [6.07, 6.45) is 9.62. The topological polar surface area (TPSA) is 17.1 Å². The molecule has 0 aliphatic rings. The minimum atomic E-state index is 0. The summed E-state index contributed by atoms with van der Waals surface area (Å²) < 4.78 is 0. The van der Waals surface area contributed by atoms with E-state index in [0.717, 1.165) is 24.7 Å². The van der Waals surface area contributed by atoms with E-state index in [1.54, 1.807) is 0 Å². The maximum absolute atomic E-state index is 10.3. The van der Waals surface area contributed by atoms with Crippen molar-refractivity contribution in [2.24, 2.45) is 0 Å². The summed E-state index contributed by atoms with van der Waals surface area (Å²) in [7, 11) is 0. The van der Waals surface area contributed by atoms with E-state index in [2.05, 4.69) is 19.9 Å². The van der Waals surface area contributed by atoms with Gasteiger partial charge in [-0.1, -0.05) is 38.5 Å². The van der Waals surface area contributed by atoms with Crippen LogP contribution in [0.2, 0.25) is 0 Å². The Bertz CT molecular complexity index is 199. The highest BCUT2D eigenvalue weighted by Crippen LogP contribution is 2.07. The van der Waals surface area contributed by atoms with E-state index >= 15 is 0 Å². The molecule has 0 rings (SSSR count). The summed E-state index contributed by atoms with van der Waals surface area (Å²) >= 11 is 0. The Balaban J connectivity index is 0. The predicted molar refractivity (Wildman–Crippen MR) is 64.5 cm³/mol. The summed E-state index contributed by atoms with van der Waals surface area (Å²) in [5, 5.41) is 0.